The molecule has 0 aliphatic carbocycles. The second-order valence-corrected chi connectivity index (χ2v) is 3.83. The maximum atomic E-state index is 13.4. The molecular weight excluding hydrogens is 245 g/mol. The summed E-state index contributed by atoms with van der Waals surface area (Å²) in [5, 5.41) is 8.64. The number of nitrogens with zero attached hydrogens (tertiary/aromatic N) is 1. The van der Waals surface area contributed by atoms with Crippen LogP contribution in [0.15, 0.2) is 48.5 Å². The number of carbonyl (C=O) groups excluding carboxylic acids is 1. The number of hydrogen-bond acceptors (Lipinski definition) is 3. The molecular formula is C15H10FNO2. The zero-order valence-electron chi connectivity index (χ0n) is 9.97. The molecule has 3 nitrogen and oxygen atoms in total. The minimum atomic E-state index is -0.559. The van der Waals surface area contributed by atoms with Crippen molar-refractivity contribution in [3.63, 3.8) is 0 Å². The highest BCUT2D eigenvalue weighted by Crippen LogP contribution is 2.13. The molecule has 0 atom stereocenters. The van der Waals surface area contributed by atoms with Gasteiger partial charge in [-0.2, -0.15) is 5.26 Å². The van der Waals surface area contributed by atoms with E-state index in [4.69, 9.17) is 10.00 Å². The van der Waals surface area contributed by atoms with Crippen molar-refractivity contribution in [3.05, 3.63) is 65.5 Å². The molecule has 0 aromatic heterocycles. The summed E-state index contributed by atoms with van der Waals surface area (Å²) in [7, 11) is 0. The second-order valence-electron chi connectivity index (χ2n) is 3.83. The third-order valence-corrected chi connectivity index (χ3v) is 2.53. The lowest BCUT2D eigenvalue weighted by Gasteiger charge is -2.06. The van der Waals surface area contributed by atoms with E-state index >= 15 is 0 Å². The first kappa shape index (κ1) is 12.8. The van der Waals surface area contributed by atoms with Gasteiger partial charge in [0.25, 0.3) is 0 Å². The van der Waals surface area contributed by atoms with Crippen LogP contribution in [0.2, 0.25) is 0 Å². The van der Waals surface area contributed by atoms with Crippen molar-refractivity contribution < 1.29 is 13.9 Å². The van der Waals surface area contributed by atoms with E-state index in [-0.39, 0.29) is 12.2 Å². The molecule has 0 fully saturated rings. The van der Waals surface area contributed by atoms with Gasteiger partial charge in [0.1, 0.15) is 11.6 Å². The molecule has 19 heavy (non-hydrogen) atoms. The van der Waals surface area contributed by atoms with Crippen LogP contribution in [0.1, 0.15) is 15.9 Å². The first-order valence-electron chi connectivity index (χ1n) is 5.61. The van der Waals surface area contributed by atoms with Crippen LogP contribution >= 0.6 is 0 Å². The quantitative estimate of drug-likeness (QED) is 0.789. The summed E-state index contributed by atoms with van der Waals surface area (Å²) in [6.45, 7) is -0.243. The number of hydrogen-bond donors (Lipinski definition) is 0. The van der Waals surface area contributed by atoms with Gasteiger partial charge in [-0.1, -0.05) is 12.1 Å². The highest BCUT2D eigenvalue weighted by Gasteiger charge is 2.11. The fourth-order valence-corrected chi connectivity index (χ4v) is 1.54. The van der Waals surface area contributed by atoms with Gasteiger partial charge in [-0.25, -0.2) is 4.39 Å². The number of carbonyl (C=O) groups is 1. The van der Waals surface area contributed by atoms with Gasteiger partial charge in [0.05, 0.1) is 17.2 Å². The molecule has 2 aromatic carbocycles. The number of Topliss-reactive ketones (excluding diaryl/α,β-unsaturated/α-hetero) is 1. The van der Waals surface area contributed by atoms with E-state index in [0.29, 0.717) is 11.3 Å². The van der Waals surface area contributed by atoms with Crippen molar-refractivity contribution in [2.75, 3.05) is 6.61 Å². The fraction of sp³-hybridized carbons (Fsp3) is 0.0667. The Bertz CT molecular complexity index is 629. The number of halogens is 1. The summed E-state index contributed by atoms with van der Waals surface area (Å²) in [4.78, 5) is 11.7. The molecule has 0 saturated carbocycles. The zero-order chi connectivity index (χ0) is 13.7. The summed E-state index contributed by atoms with van der Waals surface area (Å²) < 4.78 is 18.6. The average Bonchev–Trinajstić information content (AvgIpc) is 2.46. The predicted molar refractivity (Wildman–Crippen MR) is 67.4 cm³/mol. The molecule has 0 N–H and O–H groups in total. The van der Waals surface area contributed by atoms with Gasteiger partial charge >= 0.3 is 0 Å². The van der Waals surface area contributed by atoms with Gasteiger partial charge in [0.15, 0.2) is 6.61 Å². The highest BCUT2D eigenvalue weighted by molar-refractivity contribution is 5.97. The molecule has 0 aliphatic rings. The third kappa shape index (κ3) is 3.17. The number of nitriles is 1. The number of ether oxygens (including phenoxy) is 1. The van der Waals surface area contributed by atoms with E-state index in [1.54, 1.807) is 30.3 Å². The van der Waals surface area contributed by atoms with Crippen LogP contribution in [-0.2, 0) is 0 Å². The van der Waals surface area contributed by atoms with E-state index < -0.39 is 11.6 Å². The Hall–Kier alpha value is -2.67. The predicted octanol–water partition coefficient (Wildman–Crippen LogP) is 2.96. The van der Waals surface area contributed by atoms with Crippen molar-refractivity contribution in [1.82, 2.24) is 0 Å². The molecule has 2 rings (SSSR count). The second kappa shape index (κ2) is 5.78. The largest absolute Gasteiger partial charge is 0.485 e. The molecule has 4 heteroatoms. The molecule has 0 heterocycles. The Morgan fingerprint density at radius 3 is 2.47 bits per heavy atom. The van der Waals surface area contributed by atoms with E-state index in [0.717, 1.165) is 0 Å². The molecule has 2 aromatic rings. The lowest BCUT2D eigenvalue weighted by Crippen LogP contribution is -2.13. The molecule has 0 unspecified atom stereocenters. The van der Waals surface area contributed by atoms with E-state index in [1.165, 1.54) is 18.2 Å². The van der Waals surface area contributed by atoms with Gasteiger partial charge in [0, 0.05) is 0 Å². The minimum absolute atomic E-state index is 0.0103. The van der Waals surface area contributed by atoms with Crippen molar-refractivity contribution in [2.45, 2.75) is 0 Å². The number of benzene rings is 2. The Balaban J connectivity index is 2.01. The topological polar surface area (TPSA) is 50.1 Å². The Morgan fingerprint density at radius 1 is 1.16 bits per heavy atom. The maximum Gasteiger partial charge on any atom is 0.203 e. The monoisotopic (exact) mass is 255 g/mol. The van der Waals surface area contributed by atoms with Crippen LogP contribution in [0.3, 0.4) is 0 Å². The minimum Gasteiger partial charge on any atom is -0.485 e. The highest BCUT2D eigenvalue weighted by atomic mass is 19.1. The van der Waals surface area contributed by atoms with Gasteiger partial charge in [0.2, 0.25) is 5.78 Å². The Labute approximate surface area is 109 Å². The van der Waals surface area contributed by atoms with Crippen LogP contribution in [0.4, 0.5) is 4.39 Å². The van der Waals surface area contributed by atoms with Crippen LogP contribution in [0, 0.1) is 17.1 Å². The zero-order valence-corrected chi connectivity index (χ0v) is 9.97. The SMILES string of the molecule is N#Cc1ccc(OCC(=O)c2ccccc2F)cc1. The van der Waals surface area contributed by atoms with E-state index in [2.05, 4.69) is 0 Å². The lowest BCUT2D eigenvalue weighted by molar-refractivity contribution is 0.0917. The number of ketones is 1. The van der Waals surface area contributed by atoms with Crippen LogP contribution in [-0.4, -0.2) is 12.4 Å². The molecule has 0 saturated heterocycles. The van der Waals surface area contributed by atoms with Crippen molar-refractivity contribution in [1.29, 1.82) is 5.26 Å². The smallest absolute Gasteiger partial charge is 0.203 e. The molecule has 0 amide bonds. The molecule has 0 bridgehead atoms. The fourth-order valence-electron chi connectivity index (χ4n) is 1.54. The van der Waals surface area contributed by atoms with Crippen LogP contribution < -0.4 is 4.74 Å². The summed E-state index contributed by atoms with van der Waals surface area (Å²) >= 11 is 0. The number of rotatable bonds is 4. The van der Waals surface area contributed by atoms with E-state index in [9.17, 15) is 9.18 Å². The standard InChI is InChI=1S/C15H10FNO2/c16-14-4-2-1-3-13(14)15(18)10-19-12-7-5-11(9-17)6-8-12/h1-8H,10H2. The first-order chi connectivity index (χ1) is 9.20. The van der Waals surface area contributed by atoms with Gasteiger partial charge in [-0.15, -0.1) is 0 Å². The Morgan fingerprint density at radius 2 is 1.84 bits per heavy atom. The van der Waals surface area contributed by atoms with Gasteiger partial charge in [-0.05, 0) is 36.4 Å². The first-order valence-corrected chi connectivity index (χ1v) is 5.61. The third-order valence-electron chi connectivity index (χ3n) is 2.53. The normalized spacial score (nSPS) is 9.68. The maximum absolute atomic E-state index is 13.4. The molecule has 0 radical (unpaired) electrons. The van der Waals surface area contributed by atoms with Crippen molar-refractivity contribution in [3.8, 4) is 11.8 Å². The Kier molecular flexibility index (Phi) is 3.89. The van der Waals surface area contributed by atoms with Gasteiger partial charge in [-0.3, -0.25) is 4.79 Å². The van der Waals surface area contributed by atoms with Crippen LogP contribution in [0.5, 0.6) is 5.75 Å². The summed E-state index contributed by atoms with van der Waals surface area (Å²) in [6, 6.07) is 14.1. The summed E-state index contributed by atoms with van der Waals surface area (Å²) in [5.74, 6) is -0.526. The average molecular weight is 255 g/mol. The molecule has 94 valence electrons. The molecule has 0 aliphatic heterocycles. The summed E-state index contributed by atoms with van der Waals surface area (Å²) in [6.07, 6.45) is 0. The molecule has 0 spiro atoms. The van der Waals surface area contributed by atoms with Crippen LogP contribution in [0.25, 0.3) is 0 Å². The lowest BCUT2D eigenvalue weighted by atomic mass is 10.1. The van der Waals surface area contributed by atoms with Crippen molar-refractivity contribution in [2.24, 2.45) is 0 Å². The van der Waals surface area contributed by atoms with Crippen molar-refractivity contribution >= 4 is 5.78 Å². The van der Waals surface area contributed by atoms with Gasteiger partial charge < -0.3 is 4.74 Å². The summed E-state index contributed by atoms with van der Waals surface area (Å²) in [5.41, 5.74) is 0.518. The van der Waals surface area contributed by atoms with E-state index in [1.807, 2.05) is 6.07 Å².